The van der Waals surface area contributed by atoms with Crippen molar-refractivity contribution in [2.24, 2.45) is 0 Å². The third-order valence-electron chi connectivity index (χ3n) is 8.30. The van der Waals surface area contributed by atoms with Gasteiger partial charge in [-0.15, -0.1) is 0 Å². The molecule has 0 unspecified atom stereocenters. The number of carbonyl (C=O) groups is 2. The van der Waals surface area contributed by atoms with Gasteiger partial charge in [-0.1, -0.05) is 36.4 Å². The molecule has 2 heterocycles. The molecule has 2 aromatic carbocycles. The molecule has 35 heavy (non-hydrogen) atoms. The Morgan fingerprint density at radius 1 is 0.829 bits per heavy atom. The Morgan fingerprint density at radius 3 is 2.14 bits per heavy atom. The van der Waals surface area contributed by atoms with Crippen LogP contribution in [-0.2, 0) is 16.1 Å². The van der Waals surface area contributed by atoms with Crippen molar-refractivity contribution in [3.05, 3.63) is 93.5 Å². The number of carbonyl (C=O) groups excluding carboxylic acids is 2. The number of ketones is 2. The lowest BCUT2D eigenvalue weighted by Crippen LogP contribution is -2.37. The average molecular weight is 465 g/mol. The number of aryl methyl sites for hydroxylation is 2. The average Bonchev–Trinajstić information content (AvgIpc) is 3.21. The summed E-state index contributed by atoms with van der Waals surface area (Å²) in [5, 5.41) is 1.14. The van der Waals surface area contributed by atoms with Gasteiger partial charge in [-0.3, -0.25) is 9.59 Å². The van der Waals surface area contributed by atoms with E-state index in [4.69, 9.17) is 0 Å². The minimum absolute atomic E-state index is 0.207. The normalized spacial score (nSPS) is 19.0. The van der Waals surface area contributed by atoms with Crippen molar-refractivity contribution >= 4 is 22.5 Å². The van der Waals surface area contributed by atoms with Gasteiger partial charge in [-0.05, 0) is 67.9 Å². The Morgan fingerprint density at radius 2 is 1.49 bits per heavy atom. The van der Waals surface area contributed by atoms with E-state index < -0.39 is 0 Å². The highest BCUT2D eigenvalue weighted by molar-refractivity contribution is 6.07. The Hall–Kier alpha value is -3.40. The van der Waals surface area contributed by atoms with Crippen LogP contribution in [0.25, 0.3) is 10.9 Å². The number of Topliss-reactive ketones (excluding diaryl/α,β-unsaturated/α-hetero) is 2. The van der Waals surface area contributed by atoms with Gasteiger partial charge >= 0.3 is 0 Å². The van der Waals surface area contributed by atoms with Gasteiger partial charge in [0.15, 0.2) is 11.6 Å². The summed E-state index contributed by atoms with van der Waals surface area (Å²) in [5.74, 6) is 0.153. The fraction of sp³-hybridized carbons (Fsp3) is 0.355. The van der Waals surface area contributed by atoms with E-state index in [1.54, 1.807) is 0 Å². The standard InChI is InChI=1S/C31H32N2O2/c1-19-14-15-21(16-20(19)2)17-33-18-23(22-8-4-5-9-24(22)33)29-30-25(10-6-12-27(30)34)32(3)26-11-7-13-28(35)31(26)29/h4-5,8-9,14-16,18,29H,6-7,10-13,17H2,1-3H3. The molecule has 3 aromatic rings. The molecule has 3 aliphatic rings. The number of aromatic nitrogens is 1. The first kappa shape index (κ1) is 22.1. The lowest BCUT2D eigenvalue weighted by atomic mass is 9.71. The number of benzene rings is 2. The number of allylic oxidation sites excluding steroid dienone is 4. The van der Waals surface area contributed by atoms with E-state index in [9.17, 15) is 9.59 Å². The largest absolute Gasteiger partial charge is 0.351 e. The van der Waals surface area contributed by atoms with Crippen LogP contribution in [0.15, 0.2) is 71.2 Å². The maximum atomic E-state index is 13.4. The second kappa shape index (κ2) is 8.37. The smallest absolute Gasteiger partial charge is 0.161 e. The molecule has 0 amide bonds. The molecule has 0 radical (unpaired) electrons. The zero-order valence-electron chi connectivity index (χ0n) is 20.9. The summed E-state index contributed by atoms with van der Waals surface area (Å²) >= 11 is 0. The second-order valence-corrected chi connectivity index (χ2v) is 10.4. The minimum atomic E-state index is -0.261. The monoisotopic (exact) mass is 464 g/mol. The SMILES string of the molecule is Cc1ccc(Cn2cc(C3C4=C(CCCC4=O)N(C)C4=C3C(=O)CCC4)c3ccccc32)cc1C. The first-order valence-electron chi connectivity index (χ1n) is 12.8. The fourth-order valence-electron chi connectivity index (χ4n) is 6.40. The van der Waals surface area contributed by atoms with E-state index >= 15 is 0 Å². The Labute approximate surface area is 206 Å². The molecule has 0 saturated heterocycles. The molecule has 0 fully saturated rings. The number of fused-ring (bicyclic) bond motifs is 1. The van der Waals surface area contributed by atoms with Crippen molar-refractivity contribution in [1.29, 1.82) is 0 Å². The molecule has 4 nitrogen and oxygen atoms in total. The Bertz CT molecular complexity index is 1410. The fourth-order valence-corrected chi connectivity index (χ4v) is 6.40. The van der Waals surface area contributed by atoms with Crippen LogP contribution in [0.2, 0.25) is 0 Å². The van der Waals surface area contributed by atoms with Crippen LogP contribution in [0.3, 0.4) is 0 Å². The number of para-hydroxylation sites is 1. The van der Waals surface area contributed by atoms with Crippen molar-refractivity contribution in [3.8, 4) is 0 Å². The van der Waals surface area contributed by atoms with Crippen molar-refractivity contribution in [1.82, 2.24) is 9.47 Å². The van der Waals surface area contributed by atoms with E-state index in [0.717, 1.165) is 71.2 Å². The highest BCUT2D eigenvalue weighted by Crippen LogP contribution is 2.50. The first-order chi connectivity index (χ1) is 16.9. The molecule has 0 N–H and O–H groups in total. The highest BCUT2D eigenvalue weighted by Gasteiger charge is 2.43. The third-order valence-corrected chi connectivity index (χ3v) is 8.30. The third kappa shape index (κ3) is 3.50. The maximum absolute atomic E-state index is 13.4. The number of nitrogens with zero attached hydrogens (tertiary/aromatic N) is 2. The number of rotatable bonds is 3. The van der Waals surface area contributed by atoms with Gasteiger partial charge in [0.05, 0.1) is 0 Å². The number of hydrogen-bond donors (Lipinski definition) is 0. The zero-order valence-corrected chi connectivity index (χ0v) is 20.9. The Balaban J connectivity index is 1.56. The molecule has 178 valence electrons. The predicted molar refractivity (Wildman–Crippen MR) is 139 cm³/mol. The van der Waals surface area contributed by atoms with Crippen molar-refractivity contribution in [2.45, 2.75) is 64.8 Å². The summed E-state index contributed by atoms with van der Waals surface area (Å²) in [5.41, 5.74) is 10.1. The molecule has 0 bridgehead atoms. The van der Waals surface area contributed by atoms with Crippen molar-refractivity contribution < 1.29 is 9.59 Å². The summed E-state index contributed by atoms with van der Waals surface area (Å²) in [6.45, 7) is 5.05. The minimum Gasteiger partial charge on any atom is -0.351 e. The molecule has 4 heteroatoms. The molecule has 1 aromatic heterocycles. The topological polar surface area (TPSA) is 42.3 Å². The van der Waals surface area contributed by atoms with Crippen molar-refractivity contribution in [2.75, 3.05) is 7.05 Å². The van der Waals surface area contributed by atoms with Gasteiger partial charge < -0.3 is 9.47 Å². The molecular weight excluding hydrogens is 432 g/mol. The van der Waals surface area contributed by atoms with E-state index in [2.05, 4.69) is 79.0 Å². The molecule has 6 rings (SSSR count). The highest BCUT2D eigenvalue weighted by atomic mass is 16.1. The van der Waals surface area contributed by atoms with Crippen LogP contribution in [0.5, 0.6) is 0 Å². The molecule has 0 saturated carbocycles. The summed E-state index contributed by atoms with van der Waals surface area (Å²) in [6.07, 6.45) is 6.94. The van der Waals surface area contributed by atoms with Crippen LogP contribution >= 0.6 is 0 Å². The van der Waals surface area contributed by atoms with E-state index in [-0.39, 0.29) is 17.5 Å². The molecule has 1 aliphatic heterocycles. The number of hydrogen-bond acceptors (Lipinski definition) is 3. The summed E-state index contributed by atoms with van der Waals surface area (Å²) in [7, 11) is 2.06. The quantitative estimate of drug-likeness (QED) is 0.454. The lowest BCUT2D eigenvalue weighted by Gasteiger charge is -2.42. The van der Waals surface area contributed by atoms with Crippen LogP contribution in [-0.4, -0.2) is 28.1 Å². The summed E-state index contributed by atoms with van der Waals surface area (Å²) in [6, 6.07) is 15.1. The summed E-state index contributed by atoms with van der Waals surface area (Å²) in [4.78, 5) is 29.0. The van der Waals surface area contributed by atoms with Crippen LogP contribution in [0, 0.1) is 13.8 Å². The van der Waals surface area contributed by atoms with Crippen LogP contribution in [0.4, 0.5) is 0 Å². The van der Waals surface area contributed by atoms with Gasteiger partial charge in [0, 0.05) is 72.0 Å². The summed E-state index contributed by atoms with van der Waals surface area (Å²) < 4.78 is 2.30. The van der Waals surface area contributed by atoms with Gasteiger partial charge in [0.25, 0.3) is 0 Å². The van der Waals surface area contributed by atoms with Gasteiger partial charge in [-0.25, -0.2) is 0 Å². The van der Waals surface area contributed by atoms with Crippen LogP contribution < -0.4 is 0 Å². The van der Waals surface area contributed by atoms with Crippen LogP contribution in [0.1, 0.15) is 66.7 Å². The molecular formula is C31H32N2O2. The maximum Gasteiger partial charge on any atom is 0.161 e. The van der Waals surface area contributed by atoms with Gasteiger partial charge in [0.1, 0.15) is 0 Å². The molecule has 0 atom stereocenters. The van der Waals surface area contributed by atoms with E-state index in [0.29, 0.717) is 12.8 Å². The first-order valence-corrected chi connectivity index (χ1v) is 12.8. The second-order valence-electron chi connectivity index (χ2n) is 10.4. The van der Waals surface area contributed by atoms with E-state index in [1.807, 2.05) is 0 Å². The van der Waals surface area contributed by atoms with Gasteiger partial charge in [0.2, 0.25) is 0 Å². The van der Waals surface area contributed by atoms with Crippen molar-refractivity contribution in [3.63, 3.8) is 0 Å². The zero-order chi connectivity index (χ0) is 24.3. The predicted octanol–water partition coefficient (Wildman–Crippen LogP) is 6.35. The molecule has 0 spiro atoms. The Kier molecular flexibility index (Phi) is 5.28. The van der Waals surface area contributed by atoms with E-state index in [1.165, 1.54) is 16.7 Å². The lowest BCUT2D eigenvalue weighted by molar-refractivity contribution is -0.117. The molecule has 2 aliphatic carbocycles. The van der Waals surface area contributed by atoms with Gasteiger partial charge in [-0.2, -0.15) is 0 Å².